The molecule has 0 aromatic heterocycles. The van der Waals surface area contributed by atoms with Crippen LogP contribution in [0.4, 0.5) is 5.69 Å². The molecule has 1 unspecified atom stereocenters. The number of fused-ring (bicyclic) bond motifs is 1. The highest BCUT2D eigenvalue weighted by molar-refractivity contribution is 9.10. The van der Waals surface area contributed by atoms with Gasteiger partial charge in [0, 0.05) is 10.2 Å². The van der Waals surface area contributed by atoms with E-state index in [0.717, 1.165) is 42.1 Å². The minimum absolute atomic E-state index is 0.0174. The Balaban J connectivity index is 1.93. The molecule has 2 aromatic carbocycles. The van der Waals surface area contributed by atoms with Crippen LogP contribution in [0.5, 0.6) is 11.5 Å². The van der Waals surface area contributed by atoms with Gasteiger partial charge in [-0.2, -0.15) is 0 Å². The Morgan fingerprint density at radius 2 is 1.94 bits per heavy atom. The highest BCUT2D eigenvalue weighted by Crippen LogP contribution is 2.42. The van der Waals surface area contributed by atoms with Crippen molar-refractivity contribution in [3.8, 4) is 11.5 Å². The van der Waals surface area contributed by atoms with Crippen LogP contribution in [0.15, 0.2) is 52.5 Å². The molecule has 2 N–H and O–H groups in total. The average molecular weight is 512 g/mol. The minimum atomic E-state index is -0.451. The van der Waals surface area contributed by atoms with Gasteiger partial charge in [-0.1, -0.05) is 47.3 Å². The molecule has 0 spiro atoms. The first-order valence-electron chi connectivity index (χ1n) is 11.7. The van der Waals surface area contributed by atoms with Gasteiger partial charge in [0.05, 0.1) is 11.1 Å². The van der Waals surface area contributed by atoms with E-state index >= 15 is 0 Å². The number of carbonyl (C=O) groups is 1. The summed E-state index contributed by atoms with van der Waals surface area (Å²) < 4.78 is 7.32. The van der Waals surface area contributed by atoms with E-state index in [1.165, 1.54) is 5.57 Å². The summed E-state index contributed by atoms with van der Waals surface area (Å²) in [6.07, 6.45) is 11.6. The van der Waals surface area contributed by atoms with Crippen molar-refractivity contribution in [3.63, 3.8) is 0 Å². The molecule has 4 nitrogen and oxygen atoms in total. The van der Waals surface area contributed by atoms with Crippen molar-refractivity contribution in [2.24, 2.45) is 0 Å². The zero-order valence-electron chi connectivity index (χ0n) is 20.0. The number of carbonyl (C=O) groups excluding carboxylic acids is 1. The van der Waals surface area contributed by atoms with Gasteiger partial charge in [-0.05, 0) is 94.5 Å². The van der Waals surface area contributed by atoms with Crippen LogP contribution < -0.4 is 10.1 Å². The fourth-order valence-electron chi connectivity index (χ4n) is 4.03. The summed E-state index contributed by atoms with van der Waals surface area (Å²) >= 11 is 3.41. The molecule has 3 rings (SSSR count). The lowest BCUT2D eigenvalue weighted by molar-refractivity contribution is 0.102. The Labute approximate surface area is 205 Å². The molecule has 1 atom stereocenters. The Morgan fingerprint density at radius 3 is 2.61 bits per heavy atom. The van der Waals surface area contributed by atoms with Crippen LogP contribution in [-0.2, 0) is 6.42 Å². The van der Waals surface area contributed by atoms with Gasteiger partial charge in [0.25, 0.3) is 5.91 Å². The molecule has 0 bridgehead atoms. The maximum atomic E-state index is 13.2. The van der Waals surface area contributed by atoms with Crippen LogP contribution in [0.25, 0.3) is 6.08 Å². The molecule has 1 aliphatic heterocycles. The van der Waals surface area contributed by atoms with Crippen LogP contribution in [0.1, 0.15) is 81.3 Å². The van der Waals surface area contributed by atoms with E-state index in [9.17, 15) is 9.90 Å². The highest BCUT2D eigenvalue weighted by Gasteiger charge is 2.31. The van der Waals surface area contributed by atoms with Crippen molar-refractivity contribution in [2.45, 2.75) is 71.8 Å². The fourth-order valence-corrected chi connectivity index (χ4v) is 4.29. The molecule has 5 heteroatoms. The maximum Gasteiger partial charge on any atom is 0.259 e. The van der Waals surface area contributed by atoms with Crippen molar-refractivity contribution >= 4 is 33.6 Å². The van der Waals surface area contributed by atoms with Crippen LogP contribution in [0.2, 0.25) is 0 Å². The number of unbranched alkanes of at least 4 members (excludes halogenated alkanes) is 2. The number of aromatic hydroxyl groups is 1. The van der Waals surface area contributed by atoms with Crippen molar-refractivity contribution in [2.75, 3.05) is 5.32 Å². The standard InChI is InChI=1S/C28H34BrNO3/c1-5-6-7-10-20-18-24-23(15-17-28(4,33-24)16-8-9-19(2)3)26(31)25(20)27(32)30-22-13-11-21(29)12-14-22/h9,11-15,17-18,31H,5-8,10,16H2,1-4H3,(H,30,32). The molecule has 33 heavy (non-hydrogen) atoms. The van der Waals surface area contributed by atoms with Gasteiger partial charge in [-0.3, -0.25) is 4.79 Å². The zero-order chi connectivity index (χ0) is 24.0. The molecule has 0 fully saturated rings. The second kappa shape index (κ2) is 11.1. The topological polar surface area (TPSA) is 58.6 Å². The van der Waals surface area contributed by atoms with Gasteiger partial charge in [0.1, 0.15) is 17.1 Å². The number of hydrogen-bond donors (Lipinski definition) is 2. The number of halogens is 1. The van der Waals surface area contributed by atoms with E-state index in [-0.39, 0.29) is 11.7 Å². The van der Waals surface area contributed by atoms with E-state index < -0.39 is 5.60 Å². The monoisotopic (exact) mass is 511 g/mol. The van der Waals surface area contributed by atoms with Crippen LogP contribution in [-0.4, -0.2) is 16.6 Å². The summed E-state index contributed by atoms with van der Waals surface area (Å²) in [6, 6.07) is 9.35. The first kappa shape index (κ1) is 25.1. The van der Waals surface area contributed by atoms with E-state index in [0.29, 0.717) is 29.0 Å². The number of phenols is 1. The predicted molar refractivity (Wildman–Crippen MR) is 140 cm³/mol. The largest absolute Gasteiger partial charge is 0.506 e. The van der Waals surface area contributed by atoms with Crippen LogP contribution in [0.3, 0.4) is 0 Å². The summed E-state index contributed by atoms with van der Waals surface area (Å²) in [5.41, 5.74) is 3.22. The quantitative estimate of drug-likeness (QED) is 0.264. The third-order valence-electron chi connectivity index (χ3n) is 5.90. The highest BCUT2D eigenvalue weighted by atomic mass is 79.9. The summed E-state index contributed by atoms with van der Waals surface area (Å²) in [5, 5.41) is 14.1. The molecular formula is C28H34BrNO3. The predicted octanol–water partition coefficient (Wildman–Crippen LogP) is 8.05. The fraction of sp³-hybridized carbons (Fsp3) is 0.393. The summed E-state index contributed by atoms with van der Waals surface area (Å²) in [5.74, 6) is 0.312. The van der Waals surface area contributed by atoms with Crippen LogP contribution >= 0.6 is 15.9 Å². The number of allylic oxidation sites excluding steroid dienone is 2. The summed E-state index contributed by atoms with van der Waals surface area (Å²) in [4.78, 5) is 13.2. The van der Waals surface area contributed by atoms with E-state index in [1.54, 1.807) is 0 Å². The normalized spacial score (nSPS) is 16.6. The molecule has 1 heterocycles. The number of hydrogen-bond acceptors (Lipinski definition) is 3. The van der Waals surface area contributed by atoms with E-state index in [1.807, 2.05) is 42.5 Å². The average Bonchev–Trinajstić information content (AvgIpc) is 2.75. The van der Waals surface area contributed by atoms with Crippen molar-refractivity contribution in [1.29, 1.82) is 0 Å². The lowest BCUT2D eigenvalue weighted by Crippen LogP contribution is -2.32. The Hall–Kier alpha value is -2.53. The number of phenolic OH excluding ortho intramolecular Hbond substituents is 1. The van der Waals surface area contributed by atoms with Gasteiger partial charge in [-0.25, -0.2) is 0 Å². The number of anilines is 1. The summed E-state index contributed by atoms with van der Waals surface area (Å²) in [7, 11) is 0. The van der Waals surface area contributed by atoms with Gasteiger partial charge in [0.15, 0.2) is 0 Å². The van der Waals surface area contributed by atoms with Gasteiger partial charge in [-0.15, -0.1) is 0 Å². The van der Waals surface area contributed by atoms with Gasteiger partial charge in [0.2, 0.25) is 0 Å². The van der Waals surface area contributed by atoms with Crippen molar-refractivity contribution < 1.29 is 14.6 Å². The molecule has 1 amide bonds. The molecule has 1 aliphatic rings. The Kier molecular flexibility index (Phi) is 8.41. The number of rotatable bonds is 9. The second-order valence-corrected chi connectivity index (χ2v) is 10.1. The van der Waals surface area contributed by atoms with Crippen molar-refractivity contribution in [3.05, 3.63) is 69.2 Å². The molecule has 176 valence electrons. The van der Waals surface area contributed by atoms with Gasteiger partial charge >= 0.3 is 0 Å². The Bertz CT molecular complexity index is 1050. The first-order valence-corrected chi connectivity index (χ1v) is 12.5. The summed E-state index contributed by atoms with van der Waals surface area (Å²) in [6.45, 7) is 8.40. The van der Waals surface area contributed by atoms with Crippen molar-refractivity contribution in [1.82, 2.24) is 0 Å². The van der Waals surface area contributed by atoms with E-state index in [4.69, 9.17) is 4.74 Å². The molecule has 2 aromatic rings. The number of ether oxygens (including phenoxy) is 1. The number of nitrogens with one attached hydrogen (secondary N) is 1. The van der Waals surface area contributed by atoms with Gasteiger partial charge < -0.3 is 15.2 Å². The maximum absolute atomic E-state index is 13.2. The molecule has 0 saturated heterocycles. The number of amides is 1. The lowest BCUT2D eigenvalue weighted by Gasteiger charge is -2.32. The third-order valence-corrected chi connectivity index (χ3v) is 6.43. The van der Waals surface area contributed by atoms with Crippen LogP contribution in [0, 0.1) is 0 Å². The SMILES string of the molecule is CCCCCc1cc2c(c(O)c1C(=O)Nc1ccc(Br)cc1)C=CC(C)(CCC=C(C)C)O2. The molecule has 0 radical (unpaired) electrons. The zero-order valence-corrected chi connectivity index (χ0v) is 21.6. The number of aryl methyl sites for hydroxylation is 1. The second-order valence-electron chi connectivity index (χ2n) is 9.16. The molecule has 0 aliphatic carbocycles. The smallest absolute Gasteiger partial charge is 0.259 e. The third kappa shape index (κ3) is 6.50. The molecular weight excluding hydrogens is 478 g/mol. The first-order chi connectivity index (χ1) is 15.7. The lowest BCUT2D eigenvalue weighted by atomic mass is 9.91. The minimum Gasteiger partial charge on any atom is -0.506 e. The molecule has 0 saturated carbocycles. The van der Waals surface area contributed by atoms with E-state index in [2.05, 4.69) is 55.0 Å². The number of benzene rings is 2. The Morgan fingerprint density at radius 1 is 1.21 bits per heavy atom.